The van der Waals surface area contributed by atoms with E-state index in [0.717, 1.165) is 0 Å². The topological polar surface area (TPSA) is 181 Å². The number of likely N-dealkylation sites (N-methyl/N-ethyl adjacent to an activating group) is 1. The molecule has 0 fully saturated rings. The van der Waals surface area contributed by atoms with E-state index in [1.807, 2.05) is 27.7 Å². The number of Topliss-reactive ketones (excluding diaryl/α,β-unsaturated/α-hetero) is 1. The summed E-state index contributed by atoms with van der Waals surface area (Å²) in [5.74, 6) is -1.55. The molecule has 0 rings (SSSR count). The summed E-state index contributed by atoms with van der Waals surface area (Å²) in [5.41, 5.74) is 4.59. The lowest BCUT2D eigenvalue weighted by Gasteiger charge is -2.28. The largest absolute Gasteiger partial charge is 0.379 e. The first-order chi connectivity index (χ1) is 17.6. The summed E-state index contributed by atoms with van der Waals surface area (Å²) in [4.78, 5) is 61.3. The van der Waals surface area contributed by atoms with Gasteiger partial charge in [-0.05, 0) is 73.3 Å². The van der Waals surface area contributed by atoms with Crippen molar-refractivity contribution in [2.75, 3.05) is 20.2 Å². The molecule has 0 aliphatic rings. The average Bonchev–Trinajstić information content (AvgIpc) is 2.78. The zero-order chi connectivity index (χ0) is 29.5. The van der Waals surface area contributed by atoms with Crippen LogP contribution in [0.2, 0.25) is 0 Å². The van der Waals surface area contributed by atoms with Gasteiger partial charge in [-0.2, -0.15) is 0 Å². The molecule has 0 spiro atoms. The molecule has 5 amide bonds. The molecule has 38 heavy (non-hydrogen) atoms. The first-order valence-corrected chi connectivity index (χ1v) is 13.3. The van der Waals surface area contributed by atoms with Gasteiger partial charge in [-0.25, -0.2) is 4.79 Å². The molecular weight excluding hydrogens is 492 g/mol. The molecule has 0 bridgehead atoms. The Kier molecular flexibility index (Phi) is 16.4. The number of nitrogens with two attached hydrogens (primary N) is 1. The van der Waals surface area contributed by atoms with Crippen LogP contribution in [0.1, 0.15) is 80.6 Å². The molecule has 0 aromatic rings. The fourth-order valence-electron chi connectivity index (χ4n) is 3.68. The maximum atomic E-state index is 13.0. The number of hydrogen-bond acceptors (Lipinski definition) is 7. The van der Waals surface area contributed by atoms with Gasteiger partial charge in [-0.3, -0.25) is 19.2 Å². The van der Waals surface area contributed by atoms with Crippen molar-refractivity contribution in [2.24, 2.45) is 11.7 Å². The molecule has 0 aliphatic heterocycles. The fourth-order valence-corrected chi connectivity index (χ4v) is 3.68. The minimum Gasteiger partial charge on any atom is -0.379 e. The second-order valence-corrected chi connectivity index (χ2v) is 10.8. The maximum absolute atomic E-state index is 13.0. The van der Waals surface area contributed by atoms with Crippen LogP contribution in [0.25, 0.3) is 0 Å². The van der Waals surface area contributed by atoms with Gasteiger partial charge in [0.25, 0.3) is 0 Å². The molecule has 12 heteroatoms. The Morgan fingerprint density at radius 2 is 1.55 bits per heavy atom. The van der Waals surface area contributed by atoms with Crippen LogP contribution in [0.5, 0.6) is 0 Å². The minimum atomic E-state index is -0.877. The molecule has 7 N–H and O–H groups in total. The highest BCUT2D eigenvalue weighted by atomic mass is 16.5. The molecule has 12 nitrogen and oxygen atoms in total. The Balaban J connectivity index is 4.97. The predicted molar refractivity (Wildman–Crippen MR) is 146 cm³/mol. The molecule has 0 saturated heterocycles. The summed E-state index contributed by atoms with van der Waals surface area (Å²) in [5, 5.41) is 13.8. The first-order valence-electron chi connectivity index (χ1n) is 13.3. The van der Waals surface area contributed by atoms with Gasteiger partial charge in [0.05, 0.1) is 18.2 Å². The molecule has 0 radical (unpaired) electrons. The van der Waals surface area contributed by atoms with E-state index >= 15 is 0 Å². The third-order valence-electron chi connectivity index (χ3n) is 6.00. The maximum Gasteiger partial charge on any atom is 0.312 e. The van der Waals surface area contributed by atoms with Crippen LogP contribution >= 0.6 is 0 Å². The number of carbonyl (C=O) groups excluding carboxylic acids is 5. The number of ketones is 1. The molecule has 3 unspecified atom stereocenters. The third kappa shape index (κ3) is 15.5. The highest BCUT2D eigenvalue weighted by molar-refractivity contribution is 5.93. The summed E-state index contributed by atoms with van der Waals surface area (Å²) < 4.78 is 5.57. The van der Waals surface area contributed by atoms with E-state index in [9.17, 15) is 24.0 Å². The van der Waals surface area contributed by atoms with Gasteiger partial charge in [0.2, 0.25) is 17.7 Å². The Hall–Kier alpha value is -2.73. The molecule has 0 heterocycles. The number of urea groups is 1. The standard InChI is InChI=1S/C26H50N6O6/c1-16(2)22(24(36)30-19(18(5)33)10-9-14-29-25(27)37)31-23(35)20(28-8)11-12-21(34)32-26(6,7)13-15-38-17(3)4/h16-17,19-20,22,28H,9-15H2,1-8H3,(H,30,36)(H,31,35)(H,32,34)(H3,27,29,37). The summed E-state index contributed by atoms with van der Waals surface area (Å²) in [7, 11) is 1.62. The van der Waals surface area contributed by atoms with Crippen LogP contribution in [0.3, 0.4) is 0 Å². The summed E-state index contributed by atoms with van der Waals surface area (Å²) in [6, 6.07) is -2.98. The second kappa shape index (κ2) is 17.7. The zero-order valence-electron chi connectivity index (χ0n) is 24.4. The van der Waals surface area contributed by atoms with Gasteiger partial charge in [0, 0.05) is 25.1 Å². The van der Waals surface area contributed by atoms with Gasteiger partial charge >= 0.3 is 6.03 Å². The van der Waals surface area contributed by atoms with Gasteiger partial charge < -0.3 is 37.1 Å². The van der Waals surface area contributed by atoms with Crippen molar-refractivity contribution in [1.29, 1.82) is 0 Å². The summed E-state index contributed by atoms with van der Waals surface area (Å²) >= 11 is 0. The van der Waals surface area contributed by atoms with Gasteiger partial charge in [0.1, 0.15) is 6.04 Å². The molecule has 0 saturated carbocycles. The van der Waals surface area contributed by atoms with Gasteiger partial charge in [0.15, 0.2) is 5.78 Å². The van der Waals surface area contributed by atoms with Gasteiger partial charge in [-0.1, -0.05) is 13.8 Å². The van der Waals surface area contributed by atoms with Crippen molar-refractivity contribution in [3.8, 4) is 0 Å². The molecule has 3 atom stereocenters. The number of rotatable bonds is 19. The Labute approximate surface area is 227 Å². The number of carbonyl (C=O) groups is 5. The van der Waals surface area contributed by atoms with Crippen LogP contribution in [-0.2, 0) is 23.9 Å². The fraction of sp³-hybridized carbons (Fsp3) is 0.808. The molecule has 0 aliphatic carbocycles. The monoisotopic (exact) mass is 542 g/mol. The molecular formula is C26H50N6O6. The SMILES string of the molecule is CNC(CCC(=O)NC(C)(C)CCOC(C)C)C(=O)NC(C(=O)NC(CCCNC(N)=O)C(C)=O)C(C)C. The second-order valence-electron chi connectivity index (χ2n) is 10.8. The molecule has 0 aromatic heterocycles. The van der Waals surface area contributed by atoms with Crippen molar-refractivity contribution >= 4 is 29.5 Å². The lowest BCUT2D eigenvalue weighted by molar-refractivity contribution is -0.133. The van der Waals surface area contributed by atoms with E-state index in [-0.39, 0.29) is 43.1 Å². The number of ether oxygens (including phenoxy) is 1. The van der Waals surface area contributed by atoms with E-state index in [1.54, 1.807) is 20.9 Å². The number of primary amides is 1. The number of hydrogen-bond donors (Lipinski definition) is 6. The minimum absolute atomic E-state index is 0.118. The van der Waals surface area contributed by atoms with E-state index in [4.69, 9.17) is 10.5 Å². The predicted octanol–water partition coefficient (Wildman–Crippen LogP) is 0.728. The van der Waals surface area contributed by atoms with E-state index < -0.39 is 41.5 Å². The molecule has 0 aromatic carbocycles. The first kappa shape index (κ1) is 35.3. The van der Waals surface area contributed by atoms with Crippen LogP contribution in [-0.4, -0.2) is 79.5 Å². The van der Waals surface area contributed by atoms with Crippen molar-refractivity contribution in [3.63, 3.8) is 0 Å². The van der Waals surface area contributed by atoms with Crippen LogP contribution in [0.4, 0.5) is 4.79 Å². The van der Waals surface area contributed by atoms with Crippen LogP contribution in [0.15, 0.2) is 0 Å². The third-order valence-corrected chi connectivity index (χ3v) is 6.00. The van der Waals surface area contributed by atoms with Crippen molar-refractivity contribution in [1.82, 2.24) is 26.6 Å². The number of nitrogens with one attached hydrogen (secondary N) is 5. The normalized spacial score (nSPS) is 13.9. The number of amides is 5. The average molecular weight is 543 g/mol. The van der Waals surface area contributed by atoms with E-state index in [0.29, 0.717) is 25.9 Å². The smallest absolute Gasteiger partial charge is 0.312 e. The summed E-state index contributed by atoms with van der Waals surface area (Å²) in [6.07, 6.45) is 1.89. The van der Waals surface area contributed by atoms with E-state index in [2.05, 4.69) is 26.6 Å². The Morgan fingerprint density at radius 3 is 2.05 bits per heavy atom. The Bertz CT molecular complexity index is 786. The Morgan fingerprint density at radius 1 is 0.921 bits per heavy atom. The summed E-state index contributed by atoms with van der Waals surface area (Å²) in [6.45, 7) is 13.5. The van der Waals surface area contributed by atoms with Crippen LogP contribution < -0.4 is 32.3 Å². The van der Waals surface area contributed by atoms with Crippen molar-refractivity contribution < 1.29 is 28.7 Å². The quantitative estimate of drug-likeness (QED) is 0.130. The van der Waals surface area contributed by atoms with E-state index in [1.165, 1.54) is 6.92 Å². The van der Waals surface area contributed by atoms with Gasteiger partial charge in [-0.15, -0.1) is 0 Å². The van der Waals surface area contributed by atoms with Crippen molar-refractivity contribution in [2.45, 2.75) is 110 Å². The highest BCUT2D eigenvalue weighted by Crippen LogP contribution is 2.11. The lowest BCUT2D eigenvalue weighted by Crippen LogP contribution is -2.56. The zero-order valence-corrected chi connectivity index (χ0v) is 24.4. The molecule has 220 valence electrons. The highest BCUT2D eigenvalue weighted by Gasteiger charge is 2.30. The lowest BCUT2D eigenvalue weighted by atomic mass is 9.99. The van der Waals surface area contributed by atoms with Crippen molar-refractivity contribution in [3.05, 3.63) is 0 Å². The van der Waals surface area contributed by atoms with Crippen LogP contribution in [0, 0.1) is 5.92 Å².